The largest absolute Gasteiger partial charge is 0.394 e. The summed E-state index contributed by atoms with van der Waals surface area (Å²) in [6, 6.07) is 0.479. The van der Waals surface area contributed by atoms with Gasteiger partial charge in [-0.25, -0.2) is 0 Å². The molecule has 0 aromatic heterocycles. The fraction of sp³-hybridized carbons (Fsp3) is 1.00. The van der Waals surface area contributed by atoms with Crippen molar-refractivity contribution in [3.63, 3.8) is 0 Å². The van der Waals surface area contributed by atoms with Crippen LogP contribution in [0.2, 0.25) is 0 Å². The second-order valence-electron chi connectivity index (χ2n) is 4.38. The Labute approximate surface area is 85.9 Å². The van der Waals surface area contributed by atoms with Gasteiger partial charge in [0.25, 0.3) is 0 Å². The lowest BCUT2D eigenvalue weighted by Gasteiger charge is -2.35. The van der Waals surface area contributed by atoms with E-state index in [-0.39, 0.29) is 6.61 Å². The Bertz CT molecular complexity index is 166. The van der Waals surface area contributed by atoms with Crippen LogP contribution < -0.4 is 5.32 Å². The molecule has 0 saturated carbocycles. The van der Waals surface area contributed by atoms with E-state index in [1.165, 1.54) is 0 Å². The van der Waals surface area contributed by atoms with E-state index in [0.717, 1.165) is 19.5 Å². The molecule has 0 aromatic carbocycles. The predicted molar refractivity (Wildman–Crippen MR) is 56.2 cm³/mol. The Morgan fingerprint density at radius 3 is 2.86 bits per heavy atom. The SMILES string of the molecule is CC1CN(C)CCC1NCC(O)CO. The normalized spacial score (nSPS) is 31.7. The van der Waals surface area contributed by atoms with Crippen molar-refractivity contribution < 1.29 is 10.2 Å². The van der Waals surface area contributed by atoms with Crippen molar-refractivity contribution in [3.05, 3.63) is 0 Å². The van der Waals surface area contributed by atoms with Crippen LogP contribution in [0.3, 0.4) is 0 Å². The lowest BCUT2D eigenvalue weighted by atomic mass is 9.94. The average Bonchev–Trinajstić information content (AvgIpc) is 2.16. The number of piperidine rings is 1. The van der Waals surface area contributed by atoms with Crippen molar-refractivity contribution in [2.45, 2.75) is 25.5 Å². The van der Waals surface area contributed by atoms with Gasteiger partial charge in [-0.05, 0) is 25.9 Å². The first-order valence-corrected chi connectivity index (χ1v) is 5.34. The van der Waals surface area contributed by atoms with Gasteiger partial charge in [0.2, 0.25) is 0 Å². The molecule has 0 aromatic rings. The first-order valence-electron chi connectivity index (χ1n) is 5.34. The molecule has 14 heavy (non-hydrogen) atoms. The van der Waals surface area contributed by atoms with Crippen LogP contribution in [0.15, 0.2) is 0 Å². The van der Waals surface area contributed by atoms with Crippen molar-refractivity contribution in [1.29, 1.82) is 0 Å². The molecule has 3 unspecified atom stereocenters. The molecule has 1 rings (SSSR count). The standard InChI is InChI=1S/C10H22N2O2/c1-8-6-12(2)4-3-10(8)11-5-9(14)7-13/h8-11,13-14H,3-7H2,1-2H3. The van der Waals surface area contributed by atoms with Gasteiger partial charge in [0.15, 0.2) is 0 Å². The van der Waals surface area contributed by atoms with E-state index in [2.05, 4.69) is 24.2 Å². The fourth-order valence-electron chi connectivity index (χ4n) is 2.01. The van der Waals surface area contributed by atoms with Gasteiger partial charge < -0.3 is 20.4 Å². The Hall–Kier alpha value is -0.160. The minimum atomic E-state index is -0.623. The van der Waals surface area contributed by atoms with Crippen LogP contribution in [0.5, 0.6) is 0 Å². The maximum Gasteiger partial charge on any atom is 0.0895 e. The summed E-state index contributed by atoms with van der Waals surface area (Å²) in [7, 11) is 2.13. The maximum atomic E-state index is 9.20. The number of rotatable bonds is 4. The van der Waals surface area contributed by atoms with E-state index in [0.29, 0.717) is 18.5 Å². The molecular formula is C10H22N2O2. The number of nitrogens with one attached hydrogen (secondary N) is 1. The first-order chi connectivity index (χ1) is 6.63. The summed E-state index contributed by atoms with van der Waals surface area (Å²) in [5, 5.41) is 21.2. The van der Waals surface area contributed by atoms with Gasteiger partial charge in [-0.3, -0.25) is 0 Å². The zero-order chi connectivity index (χ0) is 10.6. The number of hydrogen-bond donors (Lipinski definition) is 3. The molecule has 4 heteroatoms. The summed E-state index contributed by atoms with van der Waals surface area (Å²) < 4.78 is 0. The van der Waals surface area contributed by atoms with Crippen LogP contribution in [-0.4, -0.2) is 60.5 Å². The Morgan fingerprint density at radius 1 is 1.57 bits per heavy atom. The van der Waals surface area contributed by atoms with Crippen LogP contribution in [0, 0.1) is 5.92 Å². The molecule has 1 fully saturated rings. The number of aliphatic hydroxyl groups excluding tert-OH is 2. The average molecular weight is 202 g/mol. The second kappa shape index (κ2) is 5.66. The van der Waals surface area contributed by atoms with Gasteiger partial charge in [0.1, 0.15) is 0 Å². The highest BCUT2D eigenvalue weighted by molar-refractivity contribution is 4.82. The monoisotopic (exact) mass is 202 g/mol. The molecule has 0 radical (unpaired) electrons. The van der Waals surface area contributed by atoms with Crippen LogP contribution in [0.1, 0.15) is 13.3 Å². The van der Waals surface area contributed by atoms with Crippen molar-refractivity contribution >= 4 is 0 Å². The van der Waals surface area contributed by atoms with Crippen molar-refractivity contribution in [2.24, 2.45) is 5.92 Å². The highest BCUT2D eigenvalue weighted by atomic mass is 16.3. The summed E-state index contributed by atoms with van der Waals surface area (Å²) in [6.07, 6.45) is 0.498. The quantitative estimate of drug-likeness (QED) is 0.562. The van der Waals surface area contributed by atoms with Crippen LogP contribution >= 0.6 is 0 Å². The van der Waals surface area contributed by atoms with E-state index in [9.17, 15) is 5.11 Å². The van der Waals surface area contributed by atoms with Crippen molar-refractivity contribution in [3.8, 4) is 0 Å². The molecule has 1 aliphatic rings. The molecule has 1 aliphatic heterocycles. The highest BCUT2D eigenvalue weighted by Gasteiger charge is 2.23. The lowest BCUT2D eigenvalue weighted by Crippen LogP contribution is -2.49. The van der Waals surface area contributed by atoms with Crippen LogP contribution in [0.4, 0.5) is 0 Å². The minimum Gasteiger partial charge on any atom is -0.394 e. The Morgan fingerprint density at radius 2 is 2.29 bits per heavy atom. The van der Waals surface area contributed by atoms with E-state index in [4.69, 9.17) is 5.11 Å². The summed E-state index contributed by atoms with van der Waals surface area (Å²) in [4.78, 5) is 2.32. The molecule has 84 valence electrons. The zero-order valence-corrected chi connectivity index (χ0v) is 9.11. The Kier molecular flexibility index (Phi) is 4.81. The van der Waals surface area contributed by atoms with Crippen LogP contribution in [0.25, 0.3) is 0 Å². The number of nitrogens with zero attached hydrogens (tertiary/aromatic N) is 1. The summed E-state index contributed by atoms with van der Waals surface area (Å²) in [6.45, 7) is 4.77. The summed E-state index contributed by atoms with van der Waals surface area (Å²) >= 11 is 0. The minimum absolute atomic E-state index is 0.159. The molecular weight excluding hydrogens is 180 g/mol. The molecule has 3 atom stereocenters. The van der Waals surface area contributed by atoms with E-state index < -0.39 is 6.10 Å². The molecule has 3 N–H and O–H groups in total. The van der Waals surface area contributed by atoms with Gasteiger partial charge in [-0.2, -0.15) is 0 Å². The number of hydrogen-bond acceptors (Lipinski definition) is 4. The number of aliphatic hydroxyl groups is 2. The zero-order valence-electron chi connectivity index (χ0n) is 9.11. The lowest BCUT2D eigenvalue weighted by molar-refractivity contribution is 0.0835. The second-order valence-corrected chi connectivity index (χ2v) is 4.38. The molecule has 0 aliphatic carbocycles. The van der Waals surface area contributed by atoms with Gasteiger partial charge >= 0.3 is 0 Å². The van der Waals surface area contributed by atoms with E-state index in [1.807, 2.05) is 0 Å². The van der Waals surface area contributed by atoms with Gasteiger partial charge in [0.05, 0.1) is 12.7 Å². The Balaban J connectivity index is 2.24. The third kappa shape index (κ3) is 3.53. The van der Waals surface area contributed by atoms with E-state index in [1.54, 1.807) is 0 Å². The van der Waals surface area contributed by atoms with E-state index >= 15 is 0 Å². The number of likely N-dealkylation sites (tertiary alicyclic amines) is 1. The van der Waals surface area contributed by atoms with Gasteiger partial charge in [0, 0.05) is 19.1 Å². The molecule has 4 nitrogen and oxygen atoms in total. The third-order valence-electron chi connectivity index (χ3n) is 2.93. The van der Waals surface area contributed by atoms with Crippen LogP contribution in [-0.2, 0) is 0 Å². The fourth-order valence-corrected chi connectivity index (χ4v) is 2.01. The van der Waals surface area contributed by atoms with Gasteiger partial charge in [-0.15, -0.1) is 0 Å². The summed E-state index contributed by atoms with van der Waals surface area (Å²) in [5.41, 5.74) is 0. The first kappa shape index (κ1) is 11.9. The molecule has 1 saturated heterocycles. The molecule has 0 amide bonds. The van der Waals surface area contributed by atoms with Gasteiger partial charge in [-0.1, -0.05) is 6.92 Å². The molecule has 1 heterocycles. The van der Waals surface area contributed by atoms with Crippen molar-refractivity contribution in [2.75, 3.05) is 33.3 Å². The molecule has 0 bridgehead atoms. The topological polar surface area (TPSA) is 55.7 Å². The molecule has 0 spiro atoms. The van der Waals surface area contributed by atoms with Crippen molar-refractivity contribution in [1.82, 2.24) is 10.2 Å². The summed E-state index contributed by atoms with van der Waals surface area (Å²) in [5.74, 6) is 0.611. The third-order valence-corrected chi connectivity index (χ3v) is 2.93. The highest BCUT2D eigenvalue weighted by Crippen LogP contribution is 2.14. The maximum absolute atomic E-state index is 9.20. The predicted octanol–water partition coefficient (Wildman–Crippen LogP) is -0.731. The smallest absolute Gasteiger partial charge is 0.0895 e.